The van der Waals surface area contributed by atoms with E-state index in [2.05, 4.69) is 17.3 Å². The second-order valence-electron chi connectivity index (χ2n) is 3.57. The van der Waals surface area contributed by atoms with E-state index in [1.165, 1.54) is 6.42 Å². The molecule has 0 amide bonds. The molecule has 0 unspecified atom stereocenters. The number of unbranched alkanes of at least 4 members (excludes halogenated alkanes) is 1. The quantitative estimate of drug-likeness (QED) is 0.661. The molecule has 0 spiro atoms. The first-order chi connectivity index (χ1) is 7.36. The minimum absolute atomic E-state index is 0.751. The van der Waals surface area contributed by atoms with Crippen LogP contribution in [0.5, 0.6) is 0 Å². The van der Waals surface area contributed by atoms with Gasteiger partial charge >= 0.3 is 0 Å². The Morgan fingerprint density at radius 1 is 1.47 bits per heavy atom. The van der Waals surface area contributed by atoms with Crippen molar-refractivity contribution in [2.45, 2.75) is 32.9 Å². The Bertz CT molecular complexity index is 260. The van der Waals surface area contributed by atoms with E-state index < -0.39 is 0 Å². The maximum Gasteiger partial charge on any atom is 0.0762 e. The predicted molar refractivity (Wildman–Crippen MR) is 60.7 cm³/mol. The lowest BCUT2D eigenvalue weighted by Crippen LogP contribution is -2.09. The van der Waals surface area contributed by atoms with Crippen molar-refractivity contribution in [1.29, 1.82) is 0 Å². The van der Waals surface area contributed by atoms with Crippen molar-refractivity contribution in [3.8, 4) is 0 Å². The molecule has 1 heterocycles. The zero-order chi connectivity index (χ0) is 10.9. The maximum atomic E-state index is 5.47. The summed E-state index contributed by atoms with van der Waals surface area (Å²) in [5, 5.41) is 7.47. The van der Waals surface area contributed by atoms with Crippen molar-refractivity contribution in [3.63, 3.8) is 0 Å². The smallest absolute Gasteiger partial charge is 0.0762 e. The Morgan fingerprint density at radius 3 is 3.07 bits per heavy atom. The molecule has 0 saturated carbocycles. The van der Waals surface area contributed by atoms with Crippen molar-refractivity contribution in [2.24, 2.45) is 0 Å². The van der Waals surface area contributed by atoms with Crippen LogP contribution < -0.4 is 5.32 Å². The van der Waals surface area contributed by atoms with Crippen molar-refractivity contribution in [1.82, 2.24) is 15.1 Å². The van der Waals surface area contributed by atoms with Crippen LogP contribution in [0.1, 0.15) is 25.5 Å². The number of hydrogen-bond acceptors (Lipinski definition) is 3. The van der Waals surface area contributed by atoms with Crippen LogP contribution in [-0.4, -0.2) is 30.0 Å². The number of ether oxygens (including phenoxy) is 1. The van der Waals surface area contributed by atoms with Gasteiger partial charge in [-0.1, -0.05) is 13.3 Å². The van der Waals surface area contributed by atoms with Gasteiger partial charge < -0.3 is 10.1 Å². The lowest BCUT2D eigenvalue weighted by Gasteiger charge is -2.03. The fourth-order valence-corrected chi connectivity index (χ4v) is 1.31. The number of hydrogen-bond donors (Lipinski definition) is 1. The highest BCUT2D eigenvalue weighted by molar-refractivity contribution is 4.97. The largest absolute Gasteiger partial charge is 0.380 e. The average molecular weight is 211 g/mol. The zero-order valence-electron chi connectivity index (χ0n) is 9.70. The summed E-state index contributed by atoms with van der Waals surface area (Å²) in [4.78, 5) is 0. The summed E-state index contributed by atoms with van der Waals surface area (Å²) in [7, 11) is 1.92. The van der Waals surface area contributed by atoms with Gasteiger partial charge in [-0.05, 0) is 19.5 Å². The van der Waals surface area contributed by atoms with E-state index in [4.69, 9.17) is 4.74 Å². The highest BCUT2D eigenvalue weighted by Gasteiger charge is 1.97. The molecule has 0 fully saturated rings. The summed E-state index contributed by atoms with van der Waals surface area (Å²) in [5.41, 5.74) is 1.08. The molecule has 1 rings (SSSR count). The van der Waals surface area contributed by atoms with Crippen LogP contribution in [0.25, 0.3) is 0 Å². The van der Waals surface area contributed by atoms with Gasteiger partial charge in [0, 0.05) is 19.3 Å². The summed E-state index contributed by atoms with van der Waals surface area (Å²) in [6.45, 7) is 5.44. The highest BCUT2D eigenvalue weighted by atomic mass is 16.5. The molecule has 0 aliphatic rings. The van der Waals surface area contributed by atoms with E-state index >= 15 is 0 Å². The molecule has 0 bridgehead atoms. The number of aromatic nitrogens is 2. The topological polar surface area (TPSA) is 39.1 Å². The molecule has 1 aromatic heterocycles. The van der Waals surface area contributed by atoms with Crippen LogP contribution in [0.4, 0.5) is 0 Å². The molecule has 4 heteroatoms. The summed E-state index contributed by atoms with van der Waals surface area (Å²) in [5.74, 6) is 0. The van der Waals surface area contributed by atoms with Crippen LogP contribution >= 0.6 is 0 Å². The molecule has 1 N–H and O–H groups in total. The third-order valence-corrected chi connectivity index (χ3v) is 2.16. The Hall–Kier alpha value is -0.870. The van der Waals surface area contributed by atoms with E-state index in [0.717, 1.165) is 38.4 Å². The fourth-order valence-electron chi connectivity index (χ4n) is 1.31. The van der Waals surface area contributed by atoms with Gasteiger partial charge in [0.2, 0.25) is 0 Å². The molecule has 0 atom stereocenters. The summed E-state index contributed by atoms with van der Waals surface area (Å²) >= 11 is 0. The Balaban J connectivity index is 2.14. The van der Waals surface area contributed by atoms with Crippen LogP contribution in [0.3, 0.4) is 0 Å². The molecule has 1 aromatic rings. The Kier molecular flexibility index (Phi) is 6.04. The van der Waals surface area contributed by atoms with Crippen molar-refractivity contribution in [2.75, 3.05) is 20.3 Å². The molecule has 0 aliphatic heterocycles. The van der Waals surface area contributed by atoms with Crippen LogP contribution in [0.15, 0.2) is 12.3 Å². The monoisotopic (exact) mass is 211 g/mol. The molecular weight excluding hydrogens is 190 g/mol. The second-order valence-corrected chi connectivity index (χ2v) is 3.57. The molecule has 86 valence electrons. The Morgan fingerprint density at radius 2 is 2.33 bits per heavy atom. The summed E-state index contributed by atoms with van der Waals surface area (Å²) < 4.78 is 7.40. The van der Waals surface area contributed by atoms with Gasteiger partial charge in [-0.2, -0.15) is 5.10 Å². The number of nitrogens with zero attached hydrogens (tertiary/aromatic N) is 2. The van der Waals surface area contributed by atoms with Crippen LogP contribution in [0, 0.1) is 0 Å². The molecule has 0 aromatic carbocycles. The molecule has 4 nitrogen and oxygen atoms in total. The number of nitrogens with one attached hydrogen (secondary N) is 1. The highest BCUT2D eigenvalue weighted by Crippen LogP contribution is 1.95. The predicted octanol–water partition coefficient (Wildman–Crippen LogP) is 1.42. The minimum atomic E-state index is 0.751. The minimum Gasteiger partial charge on any atom is -0.380 e. The van der Waals surface area contributed by atoms with Gasteiger partial charge in [0.05, 0.1) is 18.8 Å². The van der Waals surface area contributed by atoms with Crippen LogP contribution in [-0.2, 0) is 17.8 Å². The third kappa shape index (κ3) is 4.95. The second kappa shape index (κ2) is 7.43. The van der Waals surface area contributed by atoms with Gasteiger partial charge in [0.25, 0.3) is 0 Å². The molecule has 0 aliphatic carbocycles. The molecule has 0 saturated heterocycles. The lowest BCUT2D eigenvalue weighted by molar-refractivity contribution is 0.121. The van der Waals surface area contributed by atoms with E-state index in [0.29, 0.717) is 0 Å². The van der Waals surface area contributed by atoms with Crippen molar-refractivity contribution < 1.29 is 4.74 Å². The molecular formula is C11H21N3O. The van der Waals surface area contributed by atoms with E-state index in [9.17, 15) is 0 Å². The van der Waals surface area contributed by atoms with E-state index in [1.807, 2.05) is 24.0 Å². The normalized spacial score (nSPS) is 10.8. The first kappa shape index (κ1) is 12.2. The fraction of sp³-hybridized carbons (Fsp3) is 0.727. The first-order valence-electron chi connectivity index (χ1n) is 5.61. The number of rotatable bonds is 8. The van der Waals surface area contributed by atoms with E-state index in [1.54, 1.807) is 0 Å². The zero-order valence-corrected chi connectivity index (χ0v) is 9.70. The third-order valence-electron chi connectivity index (χ3n) is 2.16. The van der Waals surface area contributed by atoms with Crippen molar-refractivity contribution >= 4 is 0 Å². The summed E-state index contributed by atoms with van der Waals surface area (Å²) in [6.07, 6.45) is 4.33. The SMILES string of the molecule is CCCCOCCn1ccc(CNC)n1. The van der Waals surface area contributed by atoms with Gasteiger partial charge in [-0.25, -0.2) is 0 Å². The van der Waals surface area contributed by atoms with E-state index in [-0.39, 0.29) is 0 Å². The standard InChI is InChI=1S/C11H21N3O/c1-3-4-8-15-9-7-14-6-5-11(13-14)10-12-2/h5-6,12H,3-4,7-10H2,1-2H3. The summed E-state index contributed by atoms with van der Waals surface area (Å²) in [6, 6.07) is 2.03. The van der Waals surface area contributed by atoms with Crippen LogP contribution in [0.2, 0.25) is 0 Å². The van der Waals surface area contributed by atoms with Gasteiger partial charge in [0.1, 0.15) is 0 Å². The lowest BCUT2D eigenvalue weighted by atomic mass is 10.4. The molecule has 0 radical (unpaired) electrons. The van der Waals surface area contributed by atoms with Gasteiger partial charge in [-0.3, -0.25) is 4.68 Å². The average Bonchev–Trinajstić information content (AvgIpc) is 2.66. The molecule has 15 heavy (non-hydrogen) atoms. The van der Waals surface area contributed by atoms with Crippen molar-refractivity contribution in [3.05, 3.63) is 18.0 Å². The maximum absolute atomic E-state index is 5.47. The first-order valence-corrected chi connectivity index (χ1v) is 5.61. The Labute approximate surface area is 91.6 Å². The van der Waals surface area contributed by atoms with Gasteiger partial charge in [0.15, 0.2) is 0 Å². The van der Waals surface area contributed by atoms with Gasteiger partial charge in [-0.15, -0.1) is 0 Å².